The maximum Gasteiger partial charge on any atom is 0.339 e. The first kappa shape index (κ1) is 28.9. The molecule has 3 aromatic carbocycles. The highest BCUT2D eigenvalue weighted by molar-refractivity contribution is 6.22. The van der Waals surface area contributed by atoms with Crippen molar-refractivity contribution in [3.8, 4) is 6.07 Å². The van der Waals surface area contributed by atoms with Crippen LogP contribution in [-0.4, -0.2) is 36.0 Å². The van der Waals surface area contributed by atoms with Gasteiger partial charge in [0.1, 0.15) is 23.0 Å². The van der Waals surface area contributed by atoms with E-state index in [4.69, 9.17) is 19.9 Å². The van der Waals surface area contributed by atoms with Gasteiger partial charge in [-0.3, -0.25) is 4.79 Å². The third-order valence-corrected chi connectivity index (χ3v) is 7.22. The van der Waals surface area contributed by atoms with Gasteiger partial charge in [0.05, 0.1) is 31.0 Å². The van der Waals surface area contributed by atoms with Crippen LogP contribution in [0.4, 0.5) is 0 Å². The monoisotopic (exact) mass is 575 g/mol. The molecule has 43 heavy (non-hydrogen) atoms. The summed E-state index contributed by atoms with van der Waals surface area (Å²) in [4.78, 5) is 44.7. The minimum Gasteiger partial charge on any atom is -0.463 e. The molecule has 0 bridgehead atoms. The number of nitrogens with two attached hydrogens (primary N) is 1. The molecular weight excluding hydrogens is 546 g/mol. The van der Waals surface area contributed by atoms with Gasteiger partial charge in [-0.15, -0.1) is 0 Å². The number of benzene rings is 3. The largest absolute Gasteiger partial charge is 0.463 e. The summed E-state index contributed by atoms with van der Waals surface area (Å²) < 4.78 is 17.0. The second-order valence-corrected chi connectivity index (χ2v) is 9.68. The van der Waals surface area contributed by atoms with E-state index in [1.165, 1.54) is 4.90 Å². The van der Waals surface area contributed by atoms with Crippen molar-refractivity contribution in [3.05, 3.63) is 130 Å². The lowest BCUT2D eigenvalue weighted by molar-refractivity contribution is -0.145. The number of nitriles is 1. The summed E-state index contributed by atoms with van der Waals surface area (Å²) in [6, 6.07) is 28.5. The Bertz CT molecular complexity index is 1700. The van der Waals surface area contributed by atoms with Gasteiger partial charge in [0.15, 0.2) is 5.41 Å². The highest BCUT2D eigenvalue weighted by Gasteiger charge is 2.66. The Kier molecular flexibility index (Phi) is 8.12. The van der Waals surface area contributed by atoms with Gasteiger partial charge in [-0.2, -0.15) is 5.26 Å². The van der Waals surface area contributed by atoms with E-state index in [9.17, 15) is 14.9 Å². The number of esters is 2. The fourth-order valence-corrected chi connectivity index (χ4v) is 5.53. The average Bonchev–Trinajstić information content (AvgIpc) is 3.26. The minimum absolute atomic E-state index is 0.0187. The van der Waals surface area contributed by atoms with Gasteiger partial charge in [-0.05, 0) is 25.0 Å². The number of carbonyl (C=O) groups excluding carboxylic acids is 3. The Morgan fingerprint density at radius 3 is 1.88 bits per heavy atom. The van der Waals surface area contributed by atoms with E-state index in [0.29, 0.717) is 11.1 Å². The van der Waals surface area contributed by atoms with Crippen molar-refractivity contribution in [1.29, 1.82) is 5.26 Å². The minimum atomic E-state index is -2.33. The van der Waals surface area contributed by atoms with E-state index >= 15 is 4.79 Å². The van der Waals surface area contributed by atoms with Crippen LogP contribution in [0.1, 0.15) is 30.5 Å². The van der Waals surface area contributed by atoms with Crippen molar-refractivity contribution in [2.75, 3.05) is 13.2 Å². The van der Waals surface area contributed by atoms with Gasteiger partial charge < -0.3 is 24.8 Å². The van der Waals surface area contributed by atoms with Crippen LogP contribution in [0.2, 0.25) is 0 Å². The summed E-state index contributed by atoms with van der Waals surface area (Å²) in [5, 5.41) is 10.6. The van der Waals surface area contributed by atoms with Gasteiger partial charge in [0.25, 0.3) is 0 Å². The van der Waals surface area contributed by atoms with Crippen LogP contribution in [0.25, 0.3) is 11.5 Å². The highest BCUT2D eigenvalue weighted by Crippen LogP contribution is 2.58. The Balaban J connectivity index is 1.96. The lowest BCUT2D eigenvalue weighted by Gasteiger charge is -2.36. The maximum atomic E-state index is 15.1. The number of nitrogens with zero attached hydrogens (tertiary/aromatic N) is 2. The van der Waals surface area contributed by atoms with E-state index < -0.39 is 34.7 Å². The van der Waals surface area contributed by atoms with Crippen LogP contribution in [0.3, 0.4) is 0 Å². The van der Waals surface area contributed by atoms with E-state index in [-0.39, 0.29) is 42.4 Å². The molecule has 9 nitrogen and oxygen atoms in total. The fraction of sp³-hybridized carbons (Fsp3) is 0.176. The van der Waals surface area contributed by atoms with Crippen LogP contribution in [0, 0.1) is 16.7 Å². The molecule has 2 aliphatic rings. The summed E-state index contributed by atoms with van der Waals surface area (Å²) in [5.41, 5.74) is 4.92. The normalized spacial score (nSPS) is 18.1. The second kappa shape index (κ2) is 12.1. The predicted octanol–water partition coefficient (Wildman–Crippen LogP) is 4.69. The Hall–Kier alpha value is -5.62. The third kappa shape index (κ3) is 4.83. The van der Waals surface area contributed by atoms with Gasteiger partial charge in [0, 0.05) is 5.56 Å². The van der Waals surface area contributed by atoms with Crippen LogP contribution in [-0.2, 0) is 35.1 Å². The van der Waals surface area contributed by atoms with Crippen molar-refractivity contribution >= 4 is 29.3 Å². The maximum absolute atomic E-state index is 15.1. The van der Waals surface area contributed by atoms with E-state index in [0.717, 1.165) is 5.56 Å². The van der Waals surface area contributed by atoms with Crippen LogP contribution >= 0.6 is 0 Å². The van der Waals surface area contributed by atoms with Crippen LogP contribution in [0.5, 0.6) is 0 Å². The number of carbonyl (C=O) groups is 3. The zero-order chi connectivity index (χ0) is 30.6. The Morgan fingerprint density at radius 1 is 0.837 bits per heavy atom. The van der Waals surface area contributed by atoms with Crippen molar-refractivity contribution in [3.63, 3.8) is 0 Å². The molecule has 5 rings (SSSR count). The topological polar surface area (TPSA) is 132 Å². The molecule has 0 radical (unpaired) electrons. The Morgan fingerprint density at radius 2 is 1.35 bits per heavy atom. The zero-order valence-electron chi connectivity index (χ0n) is 23.7. The second-order valence-electron chi connectivity index (χ2n) is 9.68. The van der Waals surface area contributed by atoms with E-state index in [2.05, 4.69) is 0 Å². The summed E-state index contributed by atoms with van der Waals surface area (Å²) in [5.74, 6) is -3.08. The number of hydrogen-bond acceptors (Lipinski definition) is 8. The molecule has 2 aliphatic heterocycles. The molecule has 2 heterocycles. The SMILES string of the molecule is CCOC(=O)C1=C(c2ccccc2)OC(N)=C(C#N)C12C(=O)N(Cc1ccccc1)C(c1ccccc1)=C2C(=O)OCC. The molecule has 0 aromatic heterocycles. The summed E-state index contributed by atoms with van der Waals surface area (Å²) in [6.45, 7) is 3.18. The summed E-state index contributed by atoms with van der Waals surface area (Å²) >= 11 is 0. The first-order valence-corrected chi connectivity index (χ1v) is 13.8. The molecule has 0 aliphatic carbocycles. The number of rotatable bonds is 8. The number of hydrogen-bond donors (Lipinski definition) is 1. The first-order valence-electron chi connectivity index (χ1n) is 13.8. The molecule has 0 saturated heterocycles. The standard InChI is InChI=1S/C34H29N3O6/c1-3-41-31(38)26-28(23-16-10-6-11-17-23)37(21-22-14-8-5-9-15-22)33(40)34(26)25(20-35)30(36)43-29(24-18-12-7-13-19-24)27(34)32(39)42-4-2/h5-19H,3-4,21,36H2,1-2H3. The van der Waals surface area contributed by atoms with Gasteiger partial charge >= 0.3 is 11.9 Å². The molecule has 9 heteroatoms. The van der Waals surface area contributed by atoms with Crippen LogP contribution < -0.4 is 5.73 Å². The average molecular weight is 576 g/mol. The smallest absolute Gasteiger partial charge is 0.339 e. The van der Waals surface area contributed by atoms with Crippen LogP contribution in [0.15, 0.2) is 114 Å². The lowest BCUT2D eigenvalue weighted by Crippen LogP contribution is -2.47. The molecule has 0 fully saturated rings. The lowest BCUT2D eigenvalue weighted by atomic mass is 9.66. The van der Waals surface area contributed by atoms with E-state index in [1.807, 2.05) is 36.4 Å². The van der Waals surface area contributed by atoms with Crippen molar-refractivity contribution in [2.45, 2.75) is 20.4 Å². The van der Waals surface area contributed by atoms with Gasteiger partial charge in [-0.1, -0.05) is 91.0 Å². The molecular formula is C34H29N3O6. The molecule has 2 N–H and O–H groups in total. The zero-order valence-corrected chi connectivity index (χ0v) is 23.7. The number of ether oxygens (including phenoxy) is 3. The Labute approximate surface area is 249 Å². The number of amides is 1. The van der Waals surface area contributed by atoms with E-state index in [1.54, 1.807) is 74.5 Å². The van der Waals surface area contributed by atoms with Gasteiger partial charge in [-0.25, -0.2) is 9.59 Å². The quantitative estimate of drug-likeness (QED) is 0.383. The highest BCUT2D eigenvalue weighted by atomic mass is 16.5. The van der Waals surface area contributed by atoms with Gasteiger partial charge in [0.2, 0.25) is 11.8 Å². The van der Waals surface area contributed by atoms with Crippen molar-refractivity contribution < 1.29 is 28.6 Å². The molecule has 1 unspecified atom stereocenters. The molecule has 1 spiro atoms. The first-order chi connectivity index (χ1) is 20.9. The third-order valence-electron chi connectivity index (χ3n) is 7.22. The fourth-order valence-electron chi connectivity index (χ4n) is 5.53. The molecule has 1 atom stereocenters. The summed E-state index contributed by atoms with van der Waals surface area (Å²) in [7, 11) is 0. The molecule has 0 saturated carbocycles. The molecule has 216 valence electrons. The molecule has 1 amide bonds. The van der Waals surface area contributed by atoms with Crippen molar-refractivity contribution in [2.24, 2.45) is 11.1 Å². The predicted molar refractivity (Wildman–Crippen MR) is 157 cm³/mol. The summed E-state index contributed by atoms with van der Waals surface area (Å²) in [6.07, 6.45) is 0. The van der Waals surface area contributed by atoms with Crippen molar-refractivity contribution in [1.82, 2.24) is 4.90 Å². The molecule has 3 aromatic rings.